The van der Waals surface area contributed by atoms with E-state index >= 15 is 0 Å². The maximum Gasteiger partial charge on any atom is 0.282 e. The zero-order valence-electron chi connectivity index (χ0n) is 19.9. The maximum atomic E-state index is 13.6. The van der Waals surface area contributed by atoms with Gasteiger partial charge in [0, 0.05) is 11.8 Å². The monoisotopic (exact) mass is 503 g/mol. The Bertz CT molecular complexity index is 1670. The van der Waals surface area contributed by atoms with Crippen LogP contribution < -0.4 is 16.6 Å². The molecule has 37 heavy (non-hydrogen) atoms. The molecule has 1 atom stereocenters. The van der Waals surface area contributed by atoms with Crippen LogP contribution in [0.4, 0.5) is 20.4 Å². The summed E-state index contributed by atoms with van der Waals surface area (Å²) < 4.78 is 29.9. The molecular formula is C26H23F2N7O2. The summed E-state index contributed by atoms with van der Waals surface area (Å²) >= 11 is 0. The van der Waals surface area contributed by atoms with E-state index in [0.717, 1.165) is 11.6 Å². The van der Waals surface area contributed by atoms with Crippen molar-refractivity contribution in [2.45, 2.75) is 26.3 Å². The number of rotatable bonds is 6. The first-order valence-corrected chi connectivity index (χ1v) is 11.4. The Morgan fingerprint density at radius 3 is 2.57 bits per heavy atom. The van der Waals surface area contributed by atoms with E-state index < -0.39 is 12.5 Å². The summed E-state index contributed by atoms with van der Waals surface area (Å²) in [5.74, 6) is 0.290. The van der Waals surface area contributed by atoms with Crippen LogP contribution >= 0.6 is 0 Å². The van der Waals surface area contributed by atoms with Crippen LogP contribution in [0, 0.1) is 6.92 Å². The van der Waals surface area contributed by atoms with Crippen LogP contribution in [0.3, 0.4) is 0 Å². The number of benzene rings is 2. The quantitative estimate of drug-likeness (QED) is 0.308. The van der Waals surface area contributed by atoms with E-state index in [1.165, 1.54) is 27.5 Å². The van der Waals surface area contributed by atoms with E-state index in [9.17, 15) is 18.7 Å². The second-order valence-corrected chi connectivity index (χ2v) is 8.59. The molecule has 2 aromatic carbocycles. The molecule has 0 spiro atoms. The Morgan fingerprint density at radius 1 is 1.08 bits per heavy atom. The van der Waals surface area contributed by atoms with Crippen molar-refractivity contribution in [2.75, 3.05) is 11.1 Å². The van der Waals surface area contributed by atoms with E-state index in [0.29, 0.717) is 17.0 Å². The minimum absolute atomic E-state index is 0.0282. The molecule has 3 heterocycles. The highest BCUT2D eigenvalue weighted by Crippen LogP contribution is 2.37. The van der Waals surface area contributed by atoms with Crippen LogP contribution in [0.15, 0.2) is 71.9 Å². The lowest BCUT2D eigenvalue weighted by atomic mass is 10.0. The van der Waals surface area contributed by atoms with Crippen LogP contribution in [0.2, 0.25) is 0 Å². The number of nitrogens with zero attached hydrogens (tertiary/aromatic N) is 5. The second-order valence-electron chi connectivity index (χ2n) is 8.59. The fraction of sp³-hybridized carbons (Fsp3) is 0.154. The first-order chi connectivity index (χ1) is 17.7. The normalized spacial score (nSPS) is 12.2. The number of aromatic hydroxyl groups is 1. The topological polar surface area (TPSA) is 123 Å². The average Bonchev–Trinajstić information content (AvgIpc) is 3.25. The van der Waals surface area contributed by atoms with Gasteiger partial charge >= 0.3 is 0 Å². The number of alkyl halides is 2. The number of aromatic nitrogens is 5. The highest BCUT2D eigenvalue weighted by atomic mass is 19.3. The van der Waals surface area contributed by atoms with Crippen molar-refractivity contribution in [3.8, 4) is 22.6 Å². The lowest BCUT2D eigenvalue weighted by Gasteiger charge is -2.21. The molecule has 5 rings (SSSR count). The van der Waals surface area contributed by atoms with Crippen molar-refractivity contribution >= 4 is 17.2 Å². The molecule has 3 aromatic heterocycles. The van der Waals surface area contributed by atoms with Gasteiger partial charge in [0.1, 0.15) is 29.2 Å². The molecule has 0 saturated carbocycles. The predicted octanol–water partition coefficient (Wildman–Crippen LogP) is 4.65. The molecule has 5 aromatic rings. The molecule has 0 aliphatic rings. The Kier molecular flexibility index (Phi) is 6.04. The van der Waals surface area contributed by atoms with Gasteiger partial charge in [-0.25, -0.2) is 23.3 Å². The molecule has 4 N–H and O–H groups in total. The van der Waals surface area contributed by atoms with Crippen molar-refractivity contribution in [1.29, 1.82) is 0 Å². The predicted molar refractivity (Wildman–Crippen MR) is 136 cm³/mol. The number of hydrogen-bond acceptors (Lipinski definition) is 7. The smallest absolute Gasteiger partial charge is 0.282 e. The first kappa shape index (κ1) is 23.9. The van der Waals surface area contributed by atoms with Crippen LogP contribution in [-0.2, 0) is 0 Å². The SMILES string of the molecule is Cc1ccn2nc(C(C)Nc3ncnc(N)c3-c3cc(O)cc(C(F)F)c3)n(-c3ccccc3)c(=O)c12. The number of fused-ring (bicyclic) bond motifs is 1. The molecule has 9 nitrogen and oxygen atoms in total. The van der Waals surface area contributed by atoms with Crippen molar-refractivity contribution in [2.24, 2.45) is 0 Å². The Labute approximate surface area is 209 Å². The first-order valence-electron chi connectivity index (χ1n) is 11.4. The molecule has 0 bridgehead atoms. The lowest BCUT2D eigenvalue weighted by molar-refractivity contribution is 0.151. The number of phenolic OH excluding ortho intramolecular Hbond substituents is 1. The van der Waals surface area contributed by atoms with Gasteiger partial charge in [0.25, 0.3) is 12.0 Å². The summed E-state index contributed by atoms with van der Waals surface area (Å²) in [6, 6.07) is 13.8. The molecule has 0 radical (unpaired) electrons. The standard InChI is InChI=1S/C26H23F2N7O2/c1-14-8-9-34-21(14)26(37)35(18-6-4-3-5-7-18)25(33-34)15(2)32-24-20(23(29)30-13-31-24)16-10-17(22(27)28)12-19(36)11-16/h3-13,15,22,36H,1-2H3,(H3,29,30,31,32). The number of nitrogens with one attached hydrogen (secondary N) is 1. The lowest BCUT2D eigenvalue weighted by Crippen LogP contribution is -2.29. The zero-order valence-corrected chi connectivity index (χ0v) is 19.9. The van der Waals surface area contributed by atoms with Crippen molar-refractivity contribution < 1.29 is 13.9 Å². The number of nitrogen functional groups attached to an aromatic ring is 1. The highest BCUT2D eigenvalue weighted by molar-refractivity contribution is 5.84. The molecule has 0 aliphatic carbocycles. The maximum absolute atomic E-state index is 13.6. The van der Waals surface area contributed by atoms with E-state index in [-0.39, 0.29) is 39.6 Å². The molecule has 11 heteroatoms. The van der Waals surface area contributed by atoms with Gasteiger partial charge in [0.05, 0.1) is 17.3 Å². The van der Waals surface area contributed by atoms with E-state index in [2.05, 4.69) is 15.3 Å². The van der Waals surface area contributed by atoms with Crippen LogP contribution in [0.25, 0.3) is 22.3 Å². The van der Waals surface area contributed by atoms with Crippen molar-refractivity contribution in [3.05, 3.63) is 94.4 Å². The third-order valence-corrected chi connectivity index (χ3v) is 6.03. The summed E-state index contributed by atoms with van der Waals surface area (Å²) in [5, 5.41) is 18.0. The summed E-state index contributed by atoms with van der Waals surface area (Å²) in [6.45, 7) is 3.63. The Hall–Kier alpha value is -4.80. The van der Waals surface area contributed by atoms with Gasteiger partial charge in [-0.3, -0.25) is 9.36 Å². The summed E-state index contributed by atoms with van der Waals surface area (Å²) in [7, 11) is 0. The average molecular weight is 504 g/mol. The summed E-state index contributed by atoms with van der Waals surface area (Å²) in [4.78, 5) is 21.9. The third-order valence-electron chi connectivity index (χ3n) is 6.03. The number of anilines is 2. The summed E-state index contributed by atoms with van der Waals surface area (Å²) in [6.07, 6.45) is 0.152. The van der Waals surface area contributed by atoms with Crippen LogP contribution in [-0.4, -0.2) is 29.3 Å². The largest absolute Gasteiger partial charge is 0.508 e. The van der Waals surface area contributed by atoms with Gasteiger partial charge in [-0.15, -0.1) is 0 Å². The fourth-order valence-corrected chi connectivity index (χ4v) is 4.31. The fourth-order valence-electron chi connectivity index (χ4n) is 4.31. The number of aryl methyl sites for hydroxylation is 1. The molecule has 1 unspecified atom stereocenters. The molecule has 0 saturated heterocycles. The van der Waals surface area contributed by atoms with Crippen molar-refractivity contribution in [3.63, 3.8) is 0 Å². The Balaban J connectivity index is 1.65. The number of nitrogens with two attached hydrogens (primary N) is 1. The molecular weight excluding hydrogens is 480 g/mol. The third kappa shape index (κ3) is 4.35. The van der Waals surface area contributed by atoms with E-state index in [1.807, 2.05) is 31.2 Å². The second kappa shape index (κ2) is 9.34. The van der Waals surface area contributed by atoms with Crippen molar-refractivity contribution in [1.82, 2.24) is 24.1 Å². The number of hydrogen-bond donors (Lipinski definition) is 3. The summed E-state index contributed by atoms with van der Waals surface area (Å²) in [5.41, 5.74) is 7.83. The van der Waals surface area contributed by atoms with Gasteiger partial charge in [0.15, 0.2) is 5.82 Å². The number of para-hydroxylation sites is 1. The molecule has 188 valence electrons. The van der Waals surface area contributed by atoms with Gasteiger partial charge in [-0.1, -0.05) is 18.2 Å². The number of phenols is 1. The minimum Gasteiger partial charge on any atom is -0.508 e. The van der Waals surface area contributed by atoms with E-state index in [4.69, 9.17) is 10.8 Å². The van der Waals surface area contributed by atoms with Crippen LogP contribution in [0.5, 0.6) is 5.75 Å². The zero-order chi connectivity index (χ0) is 26.3. The minimum atomic E-state index is -2.80. The molecule has 0 fully saturated rings. The number of halogens is 2. The molecule has 0 amide bonds. The highest BCUT2D eigenvalue weighted by Gasteiger charge is 2.22. The van der Waals surface area contributed by atoms with Gasteiger partial charge in [-0.05, 0) is 61.4 Å². The van der Waals surface area contributed by atoms with E-state index in [1.54, 1.807) is 25.3 Å². The van der Waals surface area contributed by atoms with Crippen LogP contribution in [0.1, 0.15) is 36.3 Å². The van der Waals surface area contributed by atoms with Gasteiger partial charge < -0.3 is 16.2 Å². The van der Waals surface area contributed by atoms with Gasteiger partial charge in [0.2, 0.25) is 0 Å². The molecule has 0 aliphatic heterocycles. The Morgan fingerprint density at radius 2 is 1.84 bits per heavy atom. The van der Waals surface area contributed by atoms with Gasteiger partial charge in [-0.2, -0.15) is 5.10 Å².